The number of aromatic nitrogens is 1. The summed E-state index contributed by atoms with van der Waals surface area (Å²) < 4.78 is 23.1. The Kier molecular flexibility index (Phi) is 5.30. The summed E-state index contributed by atoms with van der Waals surface area (Å²) in [6.07, 6.45) is 3.67. The van der Waals surface area contributed by atoms with Crippen LogP contribution in [0.25, 0.3) is 6.08 Å². The molecule has 0 radical (unpaired) electrons. The van der Waals surface area contributed by atoms with Gasteiger partial charge in [-0.1, -0.05) is 0 Å². The molecule has 0 unspecified atom stereocenters. The highest BCUT2D eigenvalue weighted by Crippen LogP contribution is 2.12. The lowest BCUT2D eigenvalue weighted by molar-refractivity contribution is 0.0376. The smallest absolute Gasteiger partial charge is 0.340 e. The van der Waals surface area contributed by atoms with Crippen molar-refractivity contribution in [1.82, 2.24) is 4.98 Å². The molecule has 4 nitrogen and oxygen atoms in total. The number of esters is 1. The van der Waals surface area contributed by atoms with Crippen LogP contribution in [0.5, 0.6) is 0 Å². The van der Waals surface area contributed by atoms with Crippen molar-refractivity contribution in [2.45, 2.75) is 26.9 Å². The molecule has 0 amide bonds. The van der Waals surface area contributed by atoms with E-state index in [2.05, 4.69) is 4.98 Å². The van der Waals surface area contributed by atoms with Gasteiger partial charge in [0.2, 0.25) is 0 Å². The highest BCUT2D eigenvalue weighted by atomic mass is 19.1. The summed E-state index contributed by atoms with van der Waals surface area (Å²) in [6, 6.07) is 1.10. The number of nitrogens with zero attached hydrogens (tertiary/aromatic N) is 1. The molecule has 0 bridgehead atoms. The molecule has 0 spiro atoms. The first-order chi connectivity index (χ1) is 8.54. The lowest BCUT2D eigenvalue weighted by atomic mass is 10.2. The molecular formula is C13H16FNO3. The van der Waals surface area contributed by atoms with Gasteiger partial charge in [-0.25, -0.2) is 9.18 Å². The summed E-state index contributed by atoms with van der Waals surface area (Å²) in [5.74, 6) is -1.19. The molecular weight excluding hydrogens is 237 g/mol. The van der Waals surface area contributed by atoms with E-state index in [0.29, 0.717) is 12.3 Å². The first-order valence-corrected chi connectivity index (χ1v) is 5.69. The van der Waals surface area contributed by atoms with Crippen LogP contribution in [0.1, 0.15) is 36.8 Å². The quantitative estimate of drug-likeness (QED) is 0.598. The summed E-state index contributed by atoms with van der Waals surface area (Å²) in [5.41, 5.74) is 0.398. The molecule has 5 heteroatoms. The average molecular weight is 253 g/mol. The van der Waals surface area contributed by atoms with Gasteiger partial charge in [-0.2, -0.15) is 0 Å². The Labute approximate surface area is 105 Å². The first kappa shape index (κ1) is 14.2. The highest BCUT2D eigenvalue weighted by molar-refractivity contribution is 5.92. The van der Waals surface area contributed by atoms with Crippen molar-refractivity contribution < 1.29 is 18.7 Å². The van der Waals surface area contributed by atoms with Crippen molar-refractivity contribution >= 4 is 12.0 Å². The van der Waals surface area contributed by atoms with Crippen LogP contribution in [0.15, 0.2) is 18.5 Å². The van der Waals surface area contributed by atoms with Gasteiger partial charge in [-0.15, -0.1) is 0 Å². The molecule has 1 aromatic rings. The lowest BCUT2D eigenvalue weighted by Gasteiger charge is -2.09. The van der Waals surface area contributed by atoms with Crippen molar-refractivity contribution in [3.05, 3.63) is 35.6 Å². The third kappa shape index (κ3) is 4.16. The van der Waals surface area contributed by atoms with Gasteiger partial charge >= 0.3 is 5.97 Å². The summed E-state index contributed by atoms with van der Waals surface area (Å²) in [5, 5.41) is 0. The molecule has 98 valence electrons. The standard InChI is InChI=1S/C13H16FNO3/c1-4-17-6-5-12-11(7-10(14)8-15-12)13(16)18-9(2)3/h5-9H,4H2,1-3H3. The molecule has 18 heavy (non-hydrogen) atoms. The van der Waals surface area contributed by atoms with Gasteiger partial charge in [-0.3, -0.25) is 4.98 Å². The topological polar surface area (TPSA) is 48.4 Å². The van der Waals surface area contributed by atoms with Crippen LogP contribution < -0.4 is 0 Å². The molecule has 1 rings (SSSR count). The van der Waals surface area contributed by atoms with Gasteiger partial charge < -0.3 is 9.47 Å². The highest BCUT2D eigenvalue weighted by Gasteiger charge is 2.15. The number of halogens is 1. The van der Waals surface area contributed by atoms with Crippen LogP contribution in [0, 0.1) is 5.82 Å². The number of pyridine rings is 1. The second kappa shape index (κ2) is 6.74. The van der Waals surface area contributed by atoms with Gasteiger partial charge in [0, 0.05) is 0 Å². The van der Waals surface area contributed by atoms with Crippen LogP contribution >= 0.6 is 0 Å². The van der Waals surface area contributed by atoms with Crippen LogP contribution in [-0.2, 0) is 9.47 Å². The predicted octanol–water partition coefficient (Wildman–Crippen LogP) is 2.79. The molecule has 0 saturated carbocycles. The van der Waals surface area contributed by atoms with Crippen LogP contribution in [0.4, 0.5) is 4.39 Å². The Morgan fingerprint density at radius 3 is 2.89 bits per heavy atom. The summed E-state index contributed by atoms with van der Waals surface area (Å²) in [6.45, 7) is 5.78. The second-order valence-electron chi connectivity index (χ2n) is 3.80. The number of hydrogen-bond donors (Lipinski definition) is 0. The van der Waals surface area contributed by atoms with Crippen LogP contribution in [0.3, 0.4) is 0 Å². The van der Waals surface area contributed by atoms with Gasteiger partial charge in [0.1, 0.15) is 5.82 Å². The third-order valence-electron chi connectivity index (χ3n) is 1.94. The van der Waals surface area contributed by atoms with Crippen LogP contribution in [-0.4, -0.2) is 23.7 Å². The molecule has 1 heterocycles. The Morgan fingerprint density at radius 1 is 1.56 bits per heavy atom. The van der Waals surface area contributed by atoms with E-state index in [1.54, 1.807) is 13.8 Å². The third-order valence-corrected chi connectivity index (χ3v) is 1.94. The minimum atomic E-state index is -0.604. The number of carbonyl (C=O) groups is 1. The number of ether oxygens (including phenoxy) is 2. The zero-order valence-electron chi connectivity index (χ0n) is 10.6. The zero-order valence-corrected chi connectivity index (χ0v) is 10.6. The molecule has 1 aromatic heterocycles. The van der Waals surface area contributed by atoms with Gasteiger partial charge in [0.15, 0.2) is 0 Å². The maximum Gasteiger partial charge on any atom is 0.340 e. The molecule has 0 aliphatic heterocycles. The molecule has 0 aliphatic carbocycles. The van der Waals surface area contributed by atoms with E-state index in [1.807, 2.05) is 6.92 Å². The number of rotatable bonds is 5. The molecule has 0 N–H and O–H groups in total. The number of carbonyl (C=O) groups excluding carboxylic acids is 1. The minimum absolute atomic E-state index is 0.0830. The van der Waals surface area contributed by atoms with Crippen molar-refractivity contribution in [3.63, 3.8) is 0 Å². The van der Waals surface area contributed by atoms with E-state index in [9.17, 15) is 9.18 Å². The predicted molar refractivity (Wildman–Crippen MR) is 65.4 cm³/mol. The van der Waals surface area contributed by atoms with Gasteiger partial charge in [-0.05, 0) is 32.9 Å². The fourth-order valence-corrected chi connectivity index (χ4v) is 1.23. The van der Waals surface area contributed by atoms with Crippen molar-refractivity contribution in [2.75, 3.05) is 6.61 Å². The molecule has 0 saturated heterocycles. The first-order valence-electron chi connectivity index (χ1n) is 5.69. The van der Waals surface area contributed by atoms with E-state index in [-0.39, 0.29) is 11.7 Å². The van der Waals surface area contributed by atoms with Crippen molar-refractivity contribution in [1.29, 1.82) is 0 Å². The van der Waals surface area contributed by atoms with Crippen molar-refractivity contribution in [3.8, 4) is 0 Å². The molecule has 0 aliphatic rings. The van der Waals surface area contributed by atoms with E-state index in [1.165, 1.54) is 12.3 Å². The molecule has 0 atom stereocenters. The Morgan fingerprint density at radius 2 is 2.28 bits per heavy atom. The van der Waals surface area contributed by atoms with E-state index >= 15 is 0 Å². The van der Waals surface area contributed by atoms with E-state index in [0.717, 1.165) is 12.3 Å². The summed E-state index contributed by atoms with van der Waals surface area (Å²) >= 11 is 0. The lowest BCUT2D eigenvalue weighted by Crippen LogP contribution is -2.13. The fraction of sp³-hybridized carbons (Fsp3) is 0.385. The fourth-order valence-electron chi connectivity index (χ4n) is 1.23. The Bertz CT molecular complexity index is 444. The SMILES string of the molecule is CCOC=Cc1ncc(F)cc1C(=O)OC(C)C. The Balaban J connectivity index is 2.99. The Hall–Kier alpha value is -1.91. The minimum Gasteiger partial charge on any atom is -0.501 e. The molecule has 0 aromatic carbocycles. The van der Waals surface area contributed by atoms with Crippen LogP contribution in [0.2, 0.25) is 0 Å². The molecule has 0 fully saturated rings. The average Bonchev–Trinajstić information content (AvgIpc) is 2.30. The maximum absolute atomic E-state index is 13.1. The second-order valence-corrected chi connectivity index (χ2v) is 3.80. The monoisotopic (exact) mass is 253 g/mol. The summed E-state index contributed by atoms with van der Waals surface area (Å²) in [7, 11) is 0. The normalized spacial score (nSPS) is 10.9. The number of hydrogen-bond acceptors (Lipinski definition) is 4. The van der Waals surface area contributed by atoms with Crippen molar-refractivity contribution in [2.24, 2.45) is 0 Å². The van der Waals surface area contributed by atoms with Gasteiger partial charge in [0.25, 0.3) is 0 Å². The van der Waals surface area contributed by atoms with Gasteiger partial charge in [0.05, 0.1) is 36.4 Å². The zero-order chi connectivity index (χ0) is 13.5. The van der Waals surface area contributed by atoms with E-state index in [4.69, 9.17) is 9.47 Å². The largest absolute Gasteiger partial charge is 0.501 e. The maximum atomic E-state index is 13.1. The van der Waals surface area contributed by atoms with E-state index < -0.39 is 11.8 Å². The summed E-state index contributed by atoms with van der Waals surface area (Å²) in [4.78, 5) is 15.6.